The molecule has 6 rings (SSSR count). The average Bonchev–Trinajstić information content (AvgIpc) is 3.15. The predicted octanol–water partition coefficient (Wildman–Crippen LogP) is 6.79. The molecular formula is C29H19NO2. The van der Waals surface area contributed by atoms with E-state index in [2.05, 4.69) is 30.3 Å². The molecule has 1 aliphatic carbocycles. The highest BCUT2D eigenvalue weighted by molar-refractivity contribution is 6.24. The van der Waals surface area contributed by atoms with Gasteiger partial charge in [0.15, 0.2) is 5.78 Å². The monoisotopic (exact) mass is 413 g/mol. The second-order valence-electron chi connectivity index (χ2n) is 7.94. The summed E-state index contributed by atoms with van der Waals surface area (Å²) < 4.78 is 5.32. The van der Waals surface area contributed by atoms with E-state index in [4.69, 9.17) is 9.72 Å². The summed E-state index contributed by atoms with van der Waals surface area (Å²) in [5, 5.41) is 2.35. The van der Waals surface area contributed by atoms with Crippen molar-refractivity contribution in [2.24, 2.45) is 0 Å². The topological polar surface area (TPSA) is 39.2 Å². The van der Waals surface area contributed by atoms with E-state index in [1.165, 1.54) is 5.39 Å². The molecule has 0 unspecified atom stereocenters. The predicted molar refractivity (Wildman–Crippen MR) is 128 cm³/mol. The third-order valence-electron chi connectivity index (χ3n) is 6.12. The summed E-state index contributed by atoms with van der Waals surface area (Å²) in [6.07, 6.45) is 0. The van der Waals surface area contributed by atoms with Gasteiger partial charge in [0.1, 0.15) is 5.75 Å². The Labute approximate surface area is 186 Å². The number of carbonyl (C=O) groups excluding carboxylic acids is 1. The lowest BCUT2D eigenvalue weighted by atomic mass is 9.95. The zero-order chi connectivity index (χ0) is 21.7. The fourth-order valence-corrected chi connectivity index (χ4v) is 4.49. The molecule has 32 heavy (non-hydrogen) atoms. The van der Waals surface area contributed by atoms with E-state index in [9.17, 15) is 4.79 Å². The Hall–Kier alpha value is -4.24. The summed E-state index contributed by atoms with van der Waals surface area (Å²) in [6, 6.07) is 32.3. The van der Waals surface area contributed by atoms with Gasteiger partial charge in [-0.3, -0.25) is 4.79 Å². The van der Waals surface area contributed by atoms with E-state index in [-0.39, 0.29) is 5.78 Å². The van der Waals surface area contributed by atoms with E-state index >= 15 is 0 Å². The molecule has 0 aliphatic heterocycles. The highest BCUT2D eigenvalue weighted by atomic mass is 16.5. The Balaban J connectivity index is 1.62. The molecule has 3 nitrogen and oxygen atoms in total. The lowest BCUT2D eigenvalue weighted by molar-refractivity contribution is 0.104. The van der Waals surface area contributed by atoms with Crippen LogP contribution in [-0.4, -0.2) is 17.9 Å². The van der Waals surface area contributed by atoms with Crippen LogP contribution in [-0.2, 0) is 0 Å². The molecule has 1 aliphatic rings. The average molecular weight is 413 g/mol. The number of ketones is 1. The van der Waals surface area contributed by atoms with Gasteiger partial charge in [-0.05, 0) is 46.2 Å². The number of nitrogens with zero attached hydrogens (tertiary/aromatic N) is 1. The smallest absolute Gasteiger partial charge is 0.196 e. The maximum absolute atomic E-state index is 13.4. The van der Waals surface area contributed by atoms with Gasteiger partial charge in [-0.1, -0.05) is 72.8 Å². The van der Waals surface area contributed by atoms with Gasteiger partial charge in [0, 0.05) is 16.7 Å². The number of hydrogen-bond acceptors (Lipinski definition) is 3. The van der Waals surface area contributed by atoms with E-state index in [1.54, 1.807) is 7.11 Å². The molecule has 152 valence electrons. The Kier molecular flexibility index (Phi) is 4.15. The first-order valence-corrected chi connectivity index (χ1v) is 10.6. The Morgan fingerprint density at radius 3 is 2.12 bits per heavy atom. The van der Waals surface area contributed by atoms with Gasteiger partial charge < -0.3 is 4.74 Å². The number of aromatic nitrogens is 1. The second-order valence-corrected chi connectivity index (χ2v) is 7.94. The van der Waals surface area contributed by atoms with Crippen LogP contribution < -0.4 is 4.74 Å². The number of benzene rings is 4. The molecule has 0 atom stereocenters. The van der Waals surface area contributed by atoms with Crippen molar-refractivity contribution in [3.8, 4) is 39.4 Å². The van der Waals surface area contributed by atoms with Crippen molar-refractivity contribution in [3.05, 3.63) is 108 Å². The molecule has 0 fully saturated rings. The van der Waals surface area contributed by atoms with Crippen LogP contribution in [0.15, 0.2) is 97.1 Å². The molecule has 0 N–H and O–H groups in total. The first-order valence-electron chi connectivity index (χ1n) is 10.6. The third kappa shape index (κ3) is 2.83. The van der Waals surface area contributed by atoms with Gasteiger partial charge in [0.2, 0.25) is 0 Å². The molecule has 3 heteroatoms. The van der Waals surface area contributed by atoms with Crippen molar-refractivity contribution in [1.82, 2.24) is 4.98 Å². The fourth-order valence-electron chi connectivity index (χ4n) is 4.49. The zero-order valence-corrected chi connectivity index (χ0v) is 17.5. The minimum Gasteiger partial charge on any atom is -0.497 e. The van der Waals surface area contributed by atoms with Gasteiger partial charge >= 0.3 is 0 Å². The number of rotatable bonds is 3. The summed E-state index contributed by atoms with van der Waals surface area (Å²) in [5.74, 6) is 0.808. The number of fused-ring (bicyclic) bond motifs is 4. The quantitative estimate of drug-likeness (QED) is 0.321. The third-order valence-corrected chi connectivity index (χ3v) is 6.12. The van der Waals surface area contributed by atoms with Crippen molar-refractivity contribution in [2.45, 2.75) is 0 Å². The van der Waals surface area contributed by atoms with Crippen molar-refractivity contribution in [1.29, 1.82) is 0 Å². The van der Waals surface area contributed by atoms with Crippen LogP contribution in [0, 0.1) is 0 Å². The molecule has 0 amide bonds. The molecule has 0 radical (unpaired) electrons. The first kappa shape index (κ1) is 18.5. The molecule has 0 saturated heterocycles. The summed E-state index contributed by atoms with van der Waals surface area (Å²) in [7, 11) is 1.65. The Morgan fingerprint density at radius 2 is 1.34 bits per heavy atom. The maximum atomic E-state index is 13.4. The number of methoxy groups -OCH3 is 1. The maximum Gasteiger partial charge on any atom is 0.196 e. The van der Waals surface area contributed by atoms with Crippen LogP contribution >= 0.6 is 0 Å². The van der Waals surface area contributed by atoms with Crippen LogP contribution in [0.4, 0.5) is 0 Å². The van der Waals surface area contributed by atoms with Gasteiger partial charge in [-0.2, -0.15) is 0 Å². The molecule has 5 aromatic rings. The normalized spacial score (nSPS) is 12.0. The van der Waals surface area contributed by atoms with Crippen LogP contribution in [0.25, 0.3) is 44.4 Å². The number of carbonyl (C=O) groups is 1. The van der Waals surface area contributed by atoms with Crippen LogP contribution in [0.3, 0.4) is 0 Å². The number of ether oxygens (including phenoxy) is 1. The van der Waals surface area contributed by atoms with E-state index in [1.807, 2.05) is 66.7 Å². The van der Waals surface area contributed by atoms with Crippen molar-refractivity contribution >= 4 is 16.6 Å². The van der Waals surface area contributed by atoms with Crippen LogP contribution in [0.5, 0.6) is 5.75 Å². The van der Waals surface area contributed by atoms with E-state index in [0.29, 0.717) is 11.1 Å². The van der Waals surface area contributed by atoms with Gasteiger partial charge in [0.05, 0.1) is 24.1 Å². The molecule has 1 aromatic heterocycles. The lowest BCUT2D eigenvalue weighted by Gasteiger charge is -2.12. The lowest BCUT2D eigenvalue weighted by Crippen LogP contribution is -2.00. The van der Waals surface area contributed by atoms with Crippen molar-refractivity contribution < 1.29 is 9.53 Å². The fraction of sp³-hybridized carbons (Fsp3) is 0.0345. The van der Waals surface area contributed by atoms with E-state index in [0.717, 1.165) is 44.8 Å². The SMILES string of the molecule is COc1ccc(-c2cc(-c3ccc4ccccc4c3)nc3c2C(=O)c2ccccc2-3)cc1. The van der Waals surface area contributed by atoms with Crippen LogP contribution in [0.2, 0.25) is 0 Å². The minimum atomic E-state index is 0.0268. The van der Waals surface area contributed by atoms with Crippen LogP contribution in [0.1, 0.15) is 15.9 Å². The molecular weight excluding hydrogens is 394 g/mol. The molecule has 0 bridgehead atoms. The largest absolute Gasteiger partial charge is 0.497 e. The molecule has 4 aromatic carbocycles. The first-order chi connectivity index (χ1) is 15.7. The second kappa shape index (κ2) is 7.17. The van der Waals surface area contributed by atoms with Gasteiger partial charge in [0.25, 0.3) is 0 Å². The highest BCUT2D eigenvalue weighted by Gasteiger charge is 2.31. The summed E-state index contributed by atoms with van der Waals surface area (Å²) in [4.78, 5) is 18.4. The van der Waals surface area contributed by atoms with Crippen molar-refractivity contribution in [2.75, 3.05) is 7.11 Å². The zero-order valence-electron chi connectivity index (χ0n) is 17.5. The highest BCUT2D eigenvalue weighted by Crippen LogP contribution is 2.42. The summed E-state index contributed by atoms with van der Waals surface area (Å²) >= 11 is 0. The van der Waals surface area contributed by atoms with Crippen molar-refractivity contribution in [3.63, 3.8) is 0 Å². The van der Waals surface area contributed by atoms with Gasteiger partial charge in [-0.15, -0.1) is 0 Å². The Morgan fingerprint density at radius 1 is 0.656 bits per heavy atom. The standard InChI is InChI=1S/C29H19NO2/c1-32-22-14-12-19(13-15-22)25-17-26(21-11-10-18-6-2-3-7-20(18)16-21)30-28-23-8-4-5-9-24(23)29(31)27(25)28/h2-17H,1H3. The number of pyridine rings is 1. The summed E-state index contributed by atoms with van der Waals surface area (Å²) in [5.41, 5.74) is 6.76. The Bertz CT molecular complexity index is 1520. The van der Waals surface area contributed by atoms with Gasteiger partial charge in [-0.25, -0.2) is 4.98 Å². The molecule has 0 saturated carbocycles. The minimum absolute atomic E-state index is 0.0268. The summed E-state index contributed by atoms with van der Waals surface area (Å²) in [6.45, 7) is 0. The molecule has 0 spiro atoms. The molecule has 1 heterocycles. The number of hydrogen-bond donors (Lipinski definition) is 0. The van der Waals surface area contributed by atoms with E-state index < -0.39 is 0 Å².